The fraction of sp³-hybridized carbons (Fsp3) is 0.391. The number of fused-ring (bicyclic) bond motifs is 1. The van der Waals surface area contributed by atoms with Crippen LogP contribution < -0.4 is 4.90 Å². The van der Waals surface area contributed by atoms with Crippen LogP contribution in [0.3, 0.4) is 0 Å². The molecule has 2 aromatic carbocycles. The van der Waals surface area contributed by atoms with E-state index in [0.717, 1.165) is 30.5 Å². The summed E-state index contributed by atoms with van der Waals surface area (Å²) in [5.74, 6) is -0.503. The molecule has 6 heteroatoms. The third-order valence-corrected chi connectivity index (χ3v) is 5.08. The molecule has 2 aromatic rings. The maximum atomic E-state index is 13.3. The molecule has 29 heavy (non-hydrogen) atoms. The molecule has 0 spiro atoms. The highest BCUT2D eigenvalue weighted by atomic mass is 19.1. The number of amides is 1. The molecule has 0 saturated heterocycles. The van der Waals surface area contributed by atoms with E-state index in [1.165, 1.54) is 17.0 Å². The van der Waals surface area contributed by atoms with Crippen molar-refractivity contribution in [3.8, 4) is 0 Å². The molecule has 0 aromatic heterocycles. The molecule has 156 valence electrons. The summed E-state index contributed by atoms with van der Waals surface area (Å²) in [4.78, 5) is 25.7. The van der Waals surface area contributed by atoms with E-state index in [9.17, 15) is 18.4 Å². The highest BCUT2D eigenvalue weighted by Gasteiger charge is 2.21. The second-order valence-electron chi connectivity index (χ2n) is 7.65. The lowest BCUT2D eigenvalue weighted by Gasteiger charge is -2.26. The zero-order valence-electron chi connectivity index (χ0n) is 17.7. The van der Waals surface area contributed by atoms with Gasteiger partial charge in [-0.2, -0.15) is 0 Å². The molecule has 1 aliphatic rings. The van der Waals surface area contributed by atoms with Crippen molar-refractivity contribution in [1.29, 1.82) is 0 Å². The molecule has 4 nitrogen and oxygen atoms in total. The molecule has 0 atom stereocenters. The molecule has 3 rings (SSSR count). The lowest BCUT2D eigenvalue weighted by molar-refractivity contribution is -0.118. The lowest BCUT2D eigenvalue weighted by Crippen LogP contribution is -2.31. The van der Waals surface area contributed by atoms with Gasteiger partial charge in [-0.3, -0.25) is 9.59 Å². The summed E-state index contributed by atoms with van der Waals surface area (Å²) in [6, 6.07) is 6.34. The van der Waals surface area contributed by atoms with Gasteiger partial charge < -0.3 is 9.80 Å². The standard InChI is InChI=1S/C12H16FNO.C11H12FNO/c1-9-6-10(4-5-14(2)3)11(8-15)7-12(9)13;1-7-5-8-3-4-11(14)13(2)10(8)6-9(7)12/h6-8H,4-5H2,1-3H3;5-6H,3-4H2,1-2H3. The first kappa shape index (κ1) is 22.7. The molecular weight excluding hydrogens is 374 g/mol. The number of carbonyl (C=O) groups excluding carboxylic acids is 2. The second-order valence-corrected chi connectivity index (χ2v) is 7.65. The van der Waals surface area contributed by atoms with Crippen LogP contribution in [0.1, 0.15) is 39.0 Å². The molecule has 0 radical (unpaired) electrons. The third kappa shape index (κ3) is 5.70. The van der Waals surface area contributed by atoms with Crippen LogP contribution in [0.15, 0.2) is 24.3 Å². The molecule has 1 aliphatic heterocycles. The first-order valence-electron chi connectivity index (χ1n) is 9.58. The summed E-state index contributed by atoms with van der Waals surface area (Å²) in [5.41, 5.74) is 4.38. The number of carbonyl (C=O) groups is 2. The molecule has 0 saturated carbocycles. The van der Waals surface area contributed by atoms with E-state index in [1.807, 2.05) is 25.1 Å². The monoisotopic (exact) mass is 402 g/mol. The van der Waals surface area contributed by atoms with Gasteiger partial charge >= 0.3 is 0 Å². The van der Waals surface area contributed by atoms with Gasteiger partial charge in [0.15, 0.2) is 0 Å². The van der Waals surface area contributed by atoms with Gasteiger partial charge in [-0.1, -0.05) is 12.1 Å². The maximum absolute atomic E-state index is 13.3. The molecule has 1 heterocycles. The number of rotatable bonds is 4. The number of halogens is 2. The van der Waals surface area contributed by atoms with Crippen LogP contribution in [-0.4, -0.2) is 44.8 Å². The highest BCUT2D eigenvalue weighted by Crippen LogP contribution is 2.28. The van der Waals surface area contributed by atoms with E-state index >= 15 is 0 Å². The van der Waals surface area contributed by atoms with Crippen LogP contribution in [0.2, 0.25) is 0 Å². The van der Waals surface area contributed by atoms with Crippen LogP contribution in [0.5, 0.6) is 0 Å². The number of nitrogens with zero attached hydrogens (tertiary/aromatic N) is 2. The molecule has 0 N–H and O–H groups in total. The zero-order chi connectivity index (χ0) is 21.7. The van der Waals surface area contributed by atoms with Crippen LogP contribution in [0, 0.1) is 25.5 Å². The minimum Gasteiger partial charge on any atom is -0.315 e. The largest absolute Gasteiger partial charge is 0.315 e. The number of hydrogen-bond acceptors (Lipinski definition) is 3. The van der Waals surface area contributed by atoms with Gasteiger partial charge in [0.05, 0.1) is 0 Å². The number of hydrogen-bond donors (Lipinski definition) is 0. The van der Waals surface area contributed by atoms with E-state index < -0.39 is 0 Å². The van der Waals surface area contributed by atoms with E-state index in [1.54, 1.807) is 27.0 Å². The average Bonchev–Trinajstić information content (AvgIpc) is 2.67. The summed E-state index contributed by atoms with van der Waals surface area (Å²) < 4.78 is 26.4. The van der Waals surface area contributed by atoms with Crippen LogP contribution >= 0.6 is 0 Å². The Kier molecular flexibility index (Phi) is 7.62. The third-order valence-electron chi connectivity index (χ3n) is 5.08. The molecule has 0 bridgehead atoms. The Bertz CT molecular complexity index is 910. The highest BCUT2D eigenvalue weighted by molar-refractivity contribution is 5.95. The number of benzene rings is 2. The minimum absolute atomic E-state index is 0.0563. The normalized spacial score (nSPS) is 13.1. The van der Waals surface area contributed by atoms with Crippen molar-refractivity contribution in [3.05, 3.63) is 63.7 Å². The van der Waals surface area contributed by atoms with Crippen molar-refractivity contribution >= 4 is 17.9 Å². The van der Waals surface area contributed by atoms with Crippen molar-refractivity contribution in [2.75, 3.05) is 32.6 Å². The van der Waals surface area contributed by atoms with Crippen molar-refractivity contribution in [2.24, 2.45) is 0 Å². The van der Waals surface area contributed by atoms with Gasteiger partial charge in [0.1, 0.15) is 17.9 Å². The fourth-order valence-electron chi connectivity index (χ4n) is 3.21. The van der Waals surface area contributed by atoms with E-state index in [-0.39, 0.29) is 17.5 Å². The molecule has 1 amide bonds. The Morgan fingerprint density at radius 2 is 1.66 bits per heavy atom. The predicted octanol–water partition coefficient (Wildman–Crippen LogP) is 4.09. The minimum atomic E-state index is -0.314. The number of likely N-dealkylation sites (N-methyl/N-ethyl adjacent to an activating group) is 1. The quantitative estimate of drug-likeness (QED) is 0.723. The van der Waals surface area contributed by atoms with E-state index in [0.29, 0.717) is 35.1 Å². The van der Waals surface area contributed by atoms with Crippen molar-refractivity contribution in [3.63, 3.8) is 0 Å². The van der Waals surface area contributed by atoms with E-state index in [2.05, 4.69) is 0 Å². The molecular formula is C23H28F2N2O2. The summed E-state index contributed by atoms with van der Waals surface area (Å²) in [6.07, 6.45) is 2.73. The Hall–Kier alpha value is -2.60. The van der Waals surface area contributed by atoms with Gasteiger partial charge in [0.2, 0.25) is 5.91 Å². The van der Waals surface area contributed by atoms with Gasteiger partial charge in [0, 0.05) is 31.3 Å². The van der Waals surface area contributed by atoms with E-state index in [4.69, 9.17) is 0 Å². The maximum Gasteiger partial charge on any atom is 0.227 e. The van der Waals surface area contributed by atoms with Crippen molar-refractivity contribution < 1.29 is 18.4 Å². The zero-order valence-corrected chi connectivity index (χ0v) is 17.7. The summed E-state index contributed by atoms with van der Waals surface area (Å²) in [7, 11) is 5.63. The topological polar surface area (TPSA) is 40.6 Å². The SMILES string of the molecule is Cc1cc(CCN(C)C)c(C=O)cc1F.Cc1cc2c(cc1F)N(C)C(=O)CC2. The number of aryl methyl sites for hydroxylation is 3. The van der Waals surface area contributed by atoms with Gasteiger partial charge in [-0.25, -0.2) is 8.78 Å². The van der Waals surface area contributed by atoms with Crippen molar-refractivity contribution in [1.82, 2.24) is 4.90 Å². The first-order chi connectivity index (χ1) is 13.6. The Morgan fingerprint density at radius 3 is 2.28 bits per heavy atom. The number of aldehydes is 1. The Morgan fingerprint density at radius 1 is 1.03 bits per heavy atom. The lowest BCUT2D eigenvalue weighted by atomic mass is 9.99. The fourth-order valence-corrected chi connectivity index (χ4v) is 3.21. The first-order valence-corrected chi connectivity index (χ1v) is 9.58. The van der Waals surface area contributed by atoms with Crippen LogP contribution in [-0.2, 0) is 17.6 Å². The molecule has 0 unspecified atom stereocenters. The Labute approximate surface area is 171 Å². The number of anilines is 1. The van der Waals surface area contributed by atoms with Gasteiger partial charge in [0.25, 0.3) is 0 Å². The predicted molar refractivity (Wildman–Crippen MR) is 112 cm³/mol. The summed E-state index contributed by atoms with van der Waals surface area (Å²) in [5, 5.41) is 0. The summed E-state index contributed by atoms with van der Waals surface area (Å²) in [6.45, 7) is 4.31. The van der Waals surface area contributed by atoms with Gasteiger partial charge in [-0.15, -0.1) is 0 Å². The van der Waals surface area contributed by atoms with Crippen LogP contribution in [0.25, 0.3) is 0 Å². The molecule has 0 fully saturated rings. The summed E-state index contributed by atoms with van der Waals surface area (Å²) >= 11 is 0. The van der Waals surface area contributed by atoms with Gasteiger partial charge in [-0.05, 0) is 75.2 Å². The van der Waals surface area contributed by atoms with Crippen molar-refractivity contribution in [2.45, 2.75) is 33.1 Å². The average molecular weight is 402 g/mol. The molecule has 0 aliphatic carbocycles. The van der Waals surface area contributed by atoms with Crippen LogP contribution in [0.4, 0.5) is 14.5 Å². The Balaban J connectivity index is 0.000000207. The smallest absolute Gasteiger partial charge is 0.227 e. The second kappa shape index (κ2) is 9.74.